The van der Waals surface area contributed by atoms with Gasteiger partial charge in [-0.25, -0.2) is 0 Å². The maximum Gasteiger partial charge on any atom is 0.191 e. The second-order valence-corrected chi connectivity index (χ2v) is 4.44. The molecule has 0 atom stereocenters. The number of nitrogens with one attached hydrogen (secondary N) is 2. The fraction of sp³-hybridized carbons (Fsp3) is 0.692. The molecule has 18 heavy (non-hydrogen) atoms. The summed E-state index contributed by atoms with van der Waals surface area (Å²) in [6.07, 6.45) is 4.20. The molecule has 0 fully saturated rings. The van der Waals surface area contributed by atoms with Gasteiger partial charge in [-0.1, -0.05) is 26.7 Å². The molecule has 0 aliphatic carbocycles. The standard InChI is InChI=1S/C13H25N5/c1-5-11(6-2)9-15-13(14-3)16-10-12-7-8-17-18(12)4/h7-8,11H,5-6,9-10H2,1-4H3,(H2,14,15,16). The van der Waals surface area contributed by atoms with E-state index in [0.29, 0.717) is 5.92 Å². The van der Waals surface area contributed by atoms with Gasteiger partial charge in [0.2, 0.25) is 0 Å². The van der Waals surface area contributed by atoms with Crippen LogP contribution >= 0.6 is 0 Å². The van der Waals surface area contributed by atoms with Gasteiger partial charge in [0.1, 0.15) is 0 Å². The molecule has 2 N–H and O–H groups in total. The highest BCUT2D eigenvalue weighted by Crippen LogP contribution is 2.04. The lowest BCUT2D eigenvalue weighted by Gasteiger charge is -2.16. The second kappa shape index (κ2) is 7.74. The summed E-state index contributed by atoms with van der Waals surface area (Å²) < 4.78 is 1.86. The van der Waals surface area contributed by atoms with Crippen LogP contribution in [-0.2, 0) is 13.6 Å². The quantitative estimate of drug-likeness (QED) is 0.595. The average molecular weight is 251 g/mol. The van der Waals surface area contributed by atoms with Crippen LogP contribution in [0.1, 0.15) is 32.4 Å². The van der Waals surface area contributed by atoms with E-state index in [9.17, 15) is 0 Å². The molecule has 0 aromatic carbocycles. The molecule has 0 saturated carbocycles. The van der Waals surface area contributed by atoms with Crippen LogP contribution in [0.25, 0.3) is 0 Å². The Hall–Kier alpha value is -1.52. The van der Waals surface area contributed by atoms with Crippen LogP contribution < -0.4 is 10.6 Å². The molecular formula is C13H25N5. The van der Waals surface area contributed by atoms with Crippen molar-refractivity contribution in [3.8, 4) is 0 Å². The van der Waals surface area contributed by atoms with E-state index >= 15 is 0 Å². The van der Waals surface area contributed by atoms with E-state index in [1.807, 2.05) is 17.8 Å². The van der Waals surface area contributed by atoms with Gasteiger partial charge < -0.3 is 10.6 Å². The zero-order valence-electron chi connectivity index (χ0n) is 11.9. The zero-order chi connectivity index (χ0) is 13.4. The Kier molecular flexibility index (Phi) is 6.25. The van der Waals surface area contributed by atoms with Gasteiger partial charge in [-0.05, 0) is 12.0 Å². The number of rotatable bonds is 6. The van der Waals surface area contributed by atoms with Crippen molar-refractivity contribution in [1.29, 1.82) is 0 Å². The van der Waals surface area contributed by atoms with Gasteiger partial charge in [-0.2, -0.15) is 5.10 Å². The van der Waals surface area contributed by atoms with Crippen LogP contribution in [0.3, 0.4) is 0 Å². The van der Waals surface area contributed by atoms with Gasteiger partial charge in [0.05, 0.1) is 12.2 Å². The Morgan fingerprint density at radius 3 is 2.61 bits per heavy atom. The van der Waals surface area contributed by atoms with Crippen LogP contribution in [0.5, 0.6) is 0 Å². The van der Waals surface area contributed by atoms with Gasteiger partial charge in [0, 0.05) is 26.8 Å². The third-order valence-electron chi connectivity index (χ3n) is 3.30. The van der Waals surface area contributed by atoms with Crippen LogP contribution in [0.15, 0.2) is 17.3 Å². The second-order valence-electron chi connectivity index (χ2n) is 4.44. The molecule has 0 spiro atoms. The number of aryl methyl sites for hydroxylation is 1. The summed E-state index contributed by atoms with van der Waals surface area (Å²) >= 11 is 0. The van der Waals surface area contributed by atoms with Crippen LogP contribution in [0.4, 0.5) is 0 Å². The van der Waals surface area contributed by atoms with Crippen LogP contribution in [0, 0.1) is 5.92 Å². The van der Waals surface area contributed by atoms with Crippen molar-refractivity contribution in [3.05, 3.63) is 18.0 Å². The van der Waals surface area contributed by atoms with Crippen molar-refractivity contribution in [3.63, 3.8) is 0 Å². The Morgan fingerprint density at radius 1 is 1.39 bits per heavy atom. The van der Waals surface area contributed by atoms with Gasteiger partial charge in [-0.3, -0.25) is 9.67 Å². The molecule has 0 radical (unpaired) electrons. The van der Waals surface area contributed by atoms with E-state index in [-0.39, 0.29) is 0 Å². The summed E-state index contributed by atoms with van der Waals surface area (Å²) in [6, 6.07) is 2.00. The number of hydrogen-bond donors (Lipinski definition) is 2. The van der Waals surface area contributed by atoms with Crippen LogP contribution in [0.2, 0.25) is 0 Å². The molecule has 5 nitrogen and oxygen atoms in total. The van der Waals surface area contributed by atoms with E-state index in [2.05, 4.69) is 34.6 Å². The number of aliphatic imine (C=N–C) groups is 1. The first-order valence-electron chi connectivity index (χ1n) is 6.62. The first-order valence-corrected chi connectivity index (χ1v) is 6.62. The van der Waals surface area contributed by atoms with E-state index < -0.39 is 0 Å². The van der Waals surface area contributed by atoms with Crippen molar-refractivity contribution >= 4 is 5.96 Å². The van der Waals surface area contributed by atoms with Crippen molar-refractivity contribution < 1.29 is 0 Å². The molecule has 1 aromatic rings. The van der Waals surface area contributed by atoms with Gasteiger partial charge in [0.25, 0.3) is 0 Å². The predicted octanol–water partition coefficient (Wildman–Crippen LogP) is 1.52. The Morgan fingerprint density at radius 2 is 2.11 bits per heavy atom. The molecule has 0 aliphatic rings. The first kappa shape index (κ1) is 14.5. The van der Waals surface area contributed by atoms with E-state index in [1.54, 1.807) is 13.2 Å². The molecule has 1 aromatic heterocycles. The van der Waals surface area contributed by atoms with Gasteiger partial charge in [-0.15, -0.1) is 0 Å². The lowest BCUT2D eigenvalue weighted by molar-refractivity contribution is 0.481. The largest absolute Gasteiger partial charge is 0.356 e. The molecule has 102 valence electrons. The lowest BCUT2D eigenvalue weighted by atomic mass is 10.0. The van der Waals surface area contributed by atoms with Crippen LogP contribution in [-0.4, -0.2) is 29.3 Å². The minimum absolute atomic E-state index is 0.709. The molecule has 1 rings (SSSR count). The summed E-state index contributed by atoms with van der Waals surface area (Å²) in [7, 11) is 3.74. The Labute approximate surface area is 110 Å². The maximum absolute atomic E-state index is 4.22. The summed E-state index contributed by atoms with van der Waals surface area (Å²) in [4.78, 5) is 4.22. The lowest BCUT2D eigenvalue weighted by Crippen LogP contribution is -2.39. The van der Waals surface area contributed by atoms with Crippen molar-refractivity contribution in [2.45, 2.75) is 33.2 Å². The molecule has 0 bridgehead atoms. The number of hydrogen-bond acceptors (Lipinski definition) is 2. The van der Waals surface area contributed by atoms with E-state index in [0.717, 1.165) is 24.7 Å². The SMILES string of the molecule is CCC(CC)CNC(=NC)NCc1ccnn1C. The number of nitrogens with zero attached hydrogens (tertiary/aromatic N) is 3. The molecule has 1 heterocycles. The smallest absolute Gasteiger partial charge is 0.191 e. The van der Waals surface area contributed by atoms with Gasteiger partial charge >= 0.3 is 0 Å². The minimum atomic E-state index is 0.709. The minimum Gasteiger partial charge on any atom is -0.356 e. The monoisotopic (exact) mass is 251 g/mol. The number of aromatic nitrogens is 2. The summed E-state index contributed by atoms with van der Waals surface area (Å²) in [6.45, 7) is 6.15. The highest BCUT2D eigenvalue weighted by molar-refractivity contribution is 5.79. The molecular weight excluding hydrogens is 226 g/mol. The summed E-state index contributed by atoms with van der Waals surface area (Å²) in [5, 5.41) is 10.8. The van der Waals surface area contributed by atoms with Crippen molar-refractivity contribution in [1.82, 2.24) is 20.4 Å². The molecule has 0 aliphatic heterocycles. The molecule has 5 heteroatoms. The first-order chi connectivity index (χ1) is 8.71. The number of guanidine groups is 1. The highest BCUT2D eigenvalue weighted by atomic mass is 15.3. The summed E-state index contributed by atoms with van der Waals surface area (Å²) in [5.41, 5.74) is 1.14. The molecule has 0 saturated heterocycles. The molecule has 0 unspecified atom stereocenters. The topological polar surface area (TPSA) is 54.2 Å². The third-order valence-corrected chi connectivity index (χ3v) is 3.30. The normalized spacial score (nSPS) is 11.9. The summed E-state index contributed by atoms with van der Waals surface area (Å²) in [5.74, 6) is 1.56. The van der Waals surface area contributed by atoms with Gasteiger partial charge in [0.15, 0.2) is 5.96 Å². The highest BCUT2D eigenvalue weighted by Gasteiger charge is 2.05. The predicted molar refractivity (Wildman–Crippen MR) is 75.5 cm³/mol. The fourth-order valence-corrected chi connectivity index (χ4v) is 1.79. The fourth-order valence-electron chi connectivity index (χ4n) is 1.79. The zero-order valence-corrected chi connectivity index (χ0v) is 11.9. The van der Waals surface area contributed by atoms with Crippen molar-refractivity contribution in [2.24, 2.45) is 18.0 Å². The Balaban J connectivity index is 2.37. The maximum atomic E-state index is 4.22. The van der Waals surface area contributed by atoms with Crippen molar-refractivity contribution in [2.75, 3.05) is 13.6 Å². The molecule has 0 amide bonds. The third kappa shape index (κ3) is 4.39. The average Bonchev–Trinajstić information content (AvgIpc) is 2.80. The van der Waals surface area contributed by atoms with E-state index in [1.165, 1.54) is 12.8 Å². The Bertz CT molecular complexity index is 365. The van der Waals surface area contributed by atoms with E-state index in [4.69, 9.17) is 0 Å².